The number of phosphoric ester groups is 2. The lowest BCUT2D eigenvalue weighted by molar-refractivity contribution is -0.0698. The molecule has 2 unspecified atom stereocenters. The first-order valence-corrected chi connectivity index (χ1v) is 14.5. The average Bonchev–Trinajstić information content (AvgIpc) is 3.04. The van der Waals surface area contributed by atoms with E-state index in [9.17, 15) is 28.5 Å². The molecular weight excluding hydrogens is 591 g/mol. The van der Waals surface area contributed by atoms with Crippen molar-refractivity contribution in [2.75, 3.05) is 18.9 Å². The van der Waals surface area contributed by atoms with Crippen LogP contribution in [0.25, 0.3) is 0 Å². The maximum Gasteiger partial charge on any atom is 0.481 e. The quantitative estimate of drug-likeness (QED) is 0.105. The molecule has 0 amide bonds. The van der Waals surface area contributed by atoms with Gasteiger partial charge < -0.3 is 60.5 Å². The molecular formula is C14H28N3O18P3. The molecule has 1 aliphatic rings. The van der Waals surface area contributed by atoms with Gasteiger partial charge in [-0.05, 0) is 13.0 Å². The molecule has 0 aromatic carbocycles. The van der Waals surface area contributed by atoms with Crippen molar-refractivity contribution in [1.82, 2.24) is 9.55 Å². The number of hydrogen-bond acceptors (Lipinski definition) is 15. The fourth-order valence-corrected chi connectivity index (χ4v) is 4.87. The van der Waals surface area contributed by atoms with E-state index in [1.54, 1.807) is 0 Å². The van der Waals surface area contributed by atoms with Crippen LogP contribution in [0.15, 0.2) is 17.1 Å². The van der Waals surface area contributed by atoms with Gasteiger partial charge in [0.2, 0.25) is 0 Å². The van der Waals surface area contributed by atoms with Crippen molar-refractivity contribution >= 4 is 29.3 Å². The first-order chi connectivity index (χ1) is 17.2. The number of anilines is 1. The summed E-state index contributed by atoms with van der Waals surface area (Å²) in [5.41, 5.74) is 4.30. The van der Waals surface area contributed by atoms with Crippen molar-refractivity contribution in [3.05, 3.63) is 22.7 Å². The molecule has 2 heterocycles. The molecule has 0 radical (unpaired) electrons. The van der Waals surface area contributed by atoms with Crippen LogP contribution in [0.1, 0.15) is 13.2 Å². The number of nitrogen functional groups attached to an aromatic ring is 1. The van der Waals surface area contributed by atoms with Crippen LogP contribution in [-0.4, -0.2) is 109 Å². The summed E-state index contributed by atoms with van der Waals surface area (Å²) in [5.74, 6) is -0.187. The van der Waals surface area contributed by atoms with Crippen molar-refractivity contribution in [3.63, 3.8) is 0 Å². The fourth-order valence-electron chi connectivity index (χ4n) is 2.73. The second-order valence-electron chi connectivity index (χ2n) is 7.48. The SMILES string of the molecule is CC(O)[C@H](O)[C@H](O)CO.Nc1ccn([C@@H]2O[C@H](COP(=O)(O)OP(=O)(O)O)[C@@H](O)[C@H]2OP(=O)(O)O)c(=O)n1. The Kier molecular flexibility index (Phi) is 12.8. The third kappa shape index (κ3) is 11.5. The second kappa shape index (κ2) is 13.9. The van der Waals surface area contributed by atoms with Crippen LogP contribution < -0.4 is 11.4 Å². The summed E-state index contributed by atoms with van der Waals surface area (Å²) < 4.78 is 51.5. The number of phosphoric acid groups is 3. The van der Waals surface area contributed by atoms with Crippen LogP contribution in [-0.2, 0) is 31.8 Å². The van der Waals surface area contributed by atoms with Gasteiger partial charge in [-0.15, -0.1) is 0 Å². The number of rotatable bonds is 11. The van der Waals surface area contributed by atoms with Gasteiger partial charge in [-0.1, -0.05) is 0 Å². The zero-order chi connectivity index (χ0) is 29.6. The van der Waals surface area contributed by atoms with Crippen LogP contribution in [0, 0.1) is 0 Å². The van der Waals surface area contributed by atoms with Crippen LogP contribution >= 0.6 is 23.5 Å². The normalized spacial score (nSPS) is 26.1. The Morgan fingerprint density at radius 1 is 1.13 bits per heavy atom. The van der Waals surface area contributed by atoms with Gasteiger partial charge in [0.25, 0.3) is 0 Å². The lowest BCUT2D eigenvalue weighted by Gasteiger charge is -2.22. The molecule has 0 bridgehead atoms. The smallest absolute Gasteiger partial charge is 0.394 e. The summed E-state index contributed by atoms with van der Waals surface area (Å²) >= 11 is 0. The minimum Gasteiger partial charge on any atom is -0.394 e. The lowest BCUT2D eigenvalue weighted by Crippen LogP contribution is -2.37. The Bertz CT molecular complexity index is 1110. The highest BCUT2D eigenvalue weighted by Gasteiger charge is 2.49. The molecule has 24 heteroatoms. The Hall–Kier alpha value is -1.19. The van der Waals surface area contributed by atoms with E-state index in [-0.39, 0.29) is 5.82 Å². The maximum atomic E-state index is 12.0. The summed E-state index contributed by atoms with van der Waals surface area (Å²) in [6, 6.07) is 1.13. The van der Waals surface area contributed by atoms with E-state index >= 15 is 0 Å². The molecule has 2 rings (SSSR count). The third-order valence-electron chi connectivity index (χ3n) is 4.38. The predicted octanol–water partition coefficient (Wildman–Crippen LogP) is -4.13. The van der Waals surface area contributed by atoms with Gasteiger partial charge in [-0.3, -0.25) is 13.6 Å². The Labute approximate surface area is 212 Å². The summed E-state index contributed by atoms with van der Waals surface area (Å²) in [5, 5.41) is 44.4. The lowest BCUT2D eigenvalue weighted by atomic mass is 10.1. The van der Waals surface area contributed by atoms with E-state index in [2.05, 4.69) is 18.3 Å². The number of ether oxygens (including phenoxy) is 1. The van der Waals surface area contributed by atoms with Crippen molar-refractivity contribution in [3.8, 4) is 0 Å². The zero-order valence-electron chi connectivity index (χ0n) is 19.2. The molecule has 1 aliphatic heterocycles. The Morgan fingerprint density at radius 2 is 1.71 bits per heavy atom. The number of aliphatic hydroxyl groups is 5. The minimum absolute atomic E-state index is 0.187. The van der Waals surface area contributed by atoms with Crippen LogP contribution in [0.4, 0.5) is 5.82 Å². The summed E-state index contributed by atoms with van der Waals surface area (Å²) in [6.45, 7) is -0.251. The number of nitrogens with zero attached hydrogens (tertiary/aromatic N) is 2. The van der Waals surface area contributed by atoms with Crippen LogP contribution in [0.2, 0.25) is 0 Å². The molecule has 0 saturated carbocycles. The molecule has 21 nitrogen and oxygen atoms in total. The molecule has 1 saturated heterocycles. The van der Waals surface area contributed by atoms with Gasteiger partial charge >= 0.3 is 29.2 Å². The van der Waals surface area contributed by atoms with Crippen molar-refractivity contribution in [2.45, 2.75) is 49.8 Å². The highest BCUT2D eigenvalue weighted by Crippen LogP contribution is 2.58. The van der Waals surface area contributed by atoms with E-state index < -0.39 is 85.2 Å². The minimum atomic E-state index is -5.41. The van der Waals surface area contributed by atoms with E-state index in [4.69, 9.17) is 50.5 Å². The van der Waals surface area contributed by atoms with Crippen LogP contribution in [0.5, 0.6) is 0 Å². The predicted molar refractivity (Wildman–Crippen MR) is 119 cm³/mol. The van der Waals surface area contributed by atoms with Crippen molar-refractivity contribution < 1.29 is 81.8 Å². The standard InChI is InChI=1S/C9H16N3O14P3.C5H12O4/c10-5-1-2-12(9(14)11-5)8-7(25-27(15,16)17)6(13)4(24-8)3-23-29(21,22)26-28(18,19)20;1-3(7)5(9)4(8)2-6/h1-2,4,6-8,13H,3H2,(H,21,22)(H2,10,11,14)(H2,15,16,17)(H2,18,19,20);3-9H,2H2,1H3/t4-,6-,7-,8-;3?,4-,5+/m11/s1. The highest BCUT2D eigenvalue weighted by atomic mass is 31.3. The molecule has 12 N–H and O–H groups in total. The van der Waals surface area contributed by atoms with Gasteiger partial charge in [0, 0.05) is 6.20 Å². The zero-order valence-corrected chi connectivity index (χ0v) is 21.8. The fraction of sp³-hybridized carbons (Fsp3) is 0.714. The van der Waals surface area contributed by atoms with Gasteiger partial charge in [-0.2, -0.15) is 9.29 Å². The molecule has 1 fully saturated rings. The molecule has 222 valence electrons. The second-order valence-corrected chi connectivity index (χ2v) is 11.5. The molecule has 8 atom stereocenters. The largest absolute Gasteiger partial charge is 0.481 e. The third-order valence-corrected chi connectivity index (χ3v) is 7.05. The monoisotopic (exact) mass is 619 g/mol. The molecule has 38 heavy (non-hydrogen) atoms. The van der Waals surface area contributed by atoms with E-state index in [1.165, 1.54) is 6.92 Å². The van der Waals surface area contributed by atoms with Gasteiger partial charge in [0.05, 0.1) is 19.3 Å². The summed E-state index contributed by atoms with van der Waals surface area (Å²) in [6.07, 6.45) is -9.64. The first kappa shape index (κ1) is 34.8. The summed E-state index contributed by atoms with van der Waals surface area (Å²) in [7, 11) is -15.9. The number of aliphatic hydroxyl groups excluding tert-OH is 5. The molecule has 0 aliphatic carbocycles. The van der Waals surface area contributed by atoms with Gasteiger partial charge in [0.1, 0.15) is 36.3 Å². The van der Waals surface area contributed by atoms with E-state index in [0.717, 1.165) is 12.3 Å². The highest BCUT2D eigenvalue weighted by molar-refractivity contribution is 7.60. The van der Waals surface area contributed by atoms with Crippen LogP contribution in [0.3, 0.4) is 0 Å². The number of hydrogen-bond donors (Lipinski definition) is 11. The average molecular weight is 619 g/mol. The van der Waals surface area contributed by atoms with E-state index in [0.29, 0.717) is 4.57 Å². The summed E-state index contributed by atoms with van der Waals surface area (Å²) in [4.78, 5) is 59.7. The first-order valence-electron chi connectivity index (χ1n) is 9.99. The van der Waals surface area contributed by atoms with Gasteiger partial charge in [-0.25, -0.2) is 18.5 Å². The van der Waals surface area contributed by atoms with E-state index in [1.807, 2.05) is 0 Å². The maximum absolute atomic E-state index is 12.0. The topological polar surface area (TPSA) is 351 Å². The molecule has 1 aromatic rings. The van der Waals surface area contributed by atoms with Crippen molar-refractivity contribution in [2.24, 2.45) is 0 Å². The molecule has 0 spiro atoms. The Balaban J connectivity index is 0.000000686. The molecule has 1 aromatic heterocycles. The van der Waals surface area contributed by atoms with Crippen molar-refractivity contribution in [1.29, 1.82) is 0 Å². The Morgan fingerprint density at radius 3 is 2.13 bits per heavy atom. The number of aromatic nitrogens is 2. The van der Waals surface area contributed by atoms with Gasteiger partial charge in [0.15, 0.2) is 6.23 Å². The number of nitrogens with two attached hydrogens (primary N) is 1.